The molecule has 0 radical (unpaired) electrons. The van der Waals surface area contributed by atoms with Crippen LogP contribution in [0.3, 0.4) is 0 Å². The van der Waals surface area contributed by atoms with Crippen LogP contribution in [0.15, 0.2) is 18.2 Å². The molecule has 1 N–H and O–H groups in total. The minimum Gasteiger partial charge on any atom is -0.345 e. The quantitative estimate of drug-likeness (QED) is 0.886. The molecule has 4 nitrogen and oxygen atoms in total. The zero-order valence-electron chi connectivity index (χ0n) is 8.87. The highest BCUT2D eigenvalue weighted by Crippen LogP contribution is 2.26. The molecule has 1 fully saturated rings. The van der Waals surface area contributed by atoms with Crippen molar-refractivity contribution in [3.8, 4) is 0 Å². The highest BCUT2D eigenvalue weighted by molar-refractivity contribution is 6.42. The molecular weight excluding hydrogens is 263 g/mol. The van der Waals surface area contributed by atoms with Crippen molar-refractivity contribution in [1.29, 1.82) is 0 Å². The maximum absolute atomic E-state index is 11.6. The number of rotatable bonds is 2. The van der Waals surface area contributed by atoms with Crippen LogP contribution in [0.4, 0.5) is 0 Å². The van der Waals surface area contributed by atoms with E-state index in [0.29, 0.717) is 16.6 Å². The van der Waals surface area contributed by atoms with Gasteiger partial charge in [0, 0.05) is 6.54 Å². The molecule has 2 rings (SSSR count). The molecular formula is C11H10Cl2N2O2. The standard InChI is InChI=1S/C11H10Cl2N2O2/c12-8-3-1-2-7(11(8)13)5-15-6-9(16)14-4-10(15)17/h1-3H,4-6H2,(H,14,16). The van der Waals surface area contributed by atoms with Gasteiger partial charge in [0.25, 0.3) is 0 Å². The van der Waals surface area contributed by atoms with Crippen LogP contribution in [0, 0.1) is 0 Å². The van der Waals surface area contributed by atoms with Gasteiger partial charge in [0.15, 0.2) is 0 Å². The first kappa shape index (κ1) is 12.2. The summed E-state index contributed by atoms with van der Waals surface area (Å²) >= 11 is 11.9. The van der Waals surface area contributed by atoms with Gasteiger partial charge in [-0.3, -0.25) is 9.59 Å². The summed E-state index contributed by atoms with van der Waals surface area (Å²) in [6.45, 7) is 0.393. The number of benzene rings is 1. The zero-order chi connectivity index (χ0) is 12.4. The van der Waals surface area contributed by atoms with Crippen LogP contribution >= 0.6 is 23.2 Å². The average Bonchev–Trinajstić information content (AvgIpc) is 2.30. The van der Waals surface area contributed by atoms with E-state index in [9.17, 15) is 9.59 Å². The van der Waals surface area contributed by atoms with E-state index in [1.807, 2.05) is 0 Å². The molecule has 0 aliphatic carbocycles. The Hall–Kier alpha value is -1.26. The number of hydrogen-bond acceptors (Lipinski definition) is 2. The fourth-order valence-electron chi connectivity index (χ4n) is 1.62. The molecule has 1 aromatic carbocycles. The Morgan fingerprint density at radius 1 is 1.29 bits per heavy atom. The molecule has 0 unspecified atom stereocenters. The first-order chi connectivity index (χ1) is 8.08. The maximum atomic E-state index is 11.6. The van der Waals surface area contributed by atoms with Crippen molar-refractivity contribution >= 4 is 35.0 Å². The number of carbonyl (C=O) groups excluding carboxylic acids is 2. The third kappa shape index (κ3) is 2.70. The number of carbonyl (C=O) groups is 2. The number of nitrogens with zero attached hydrogens (tertiary/aromatic N) is 1. The van der Waals surface area contributed by atoms with Crippen molar-refractivity contribution in [3.05, 3.63) is 33.8 Å². The number of hydrogen-bond donors (Lipinski definition) is 1. The molecule has 90 valence electrons. The molecule has 0 aromatic heterocycles. The van der Waals surface area contributed by atoms with Gasteiger partial charge < -0.3 is 10.2 Å². The van der Waals surface area contributed by atoms with Gasteiger partial charge in [-0.2, -0.15) is 0 Å². The molecule has 0 spiro atoms. The first-order valence-electron chi connectivity index (χ1n) is 5.05. The molecule has 1 heterocycles. The van der Waals surface area contributed by atoms with E-state index < -0.39 is 0 Å². The van der Waals surface area contributed by atoms with E-state index in [2.05, 4.69) is 5.32 Å². The highest BCUT2D eigenvalue weighted by atomic mass is 35.5. The second-order valence-corrected chi connectivity index (χ2v) is 4.52. The van der Waals surface area contributed by atoms with E-state index >= 15 is 0 Å². The highest BCUT2D eigenvalue weighted by Gasteiger charge is 2.23. The van der Waals surface area contributed by atoms with Crippen molar-refractivity contribution in [3.63, 3.8) is 0 Å². The normalized spacial score (nSPS) is 16.0. The molecule has 0 saturated carbocycles. The van der Waals surface area contributed by atoms with Crippen molar-refractivity contribution in [1.82, 2.24) is 10.2 Å². The van der Waals surface area contributed by atoms with Crippen LogP contribution in [-0.4, -0.2) is 29.8 Å². The van der Waals surface area contributed by atoms with Crippen molar-refractivity contribution in [2.24, 2.45) is 0 Å². The molecule has 1 aliphatic rings. The molecule has 1 aliphatic heterocycles. The summed E-state index contributed by atoms with van der Waals surface area (Å²) in [6, 6.07) is 5.23. The van der Waals surface area contributed by atoms with Gasteiger partial charge in [0.1, 0.15) is 0 Å². The molecule has 6 heteroatoms. The number of piperazine rings is 1. The Kier molecular flexibility index (Phi) is 3.54. The van der Waals surface area contributed by atoms with E-state index in [1.165, 1.54) is 4.90 Å². The molecule has 0 bridgehead atoms. The van der Waals surface area contributed by atoms with Gasteiger partial charge in [-0.25, -0.2) is 0 Å². The third-order valence-electron chi connectivity index (χ3n) is 2.52. The zero-order valence-corrected chi connectivity index (χ0v) is 10.4. The lowest BCUT2D eigenvalue weighted by atomic mass is 10.2. The van der Waals surface area contributed by atoms with Crippen molar-refractivity contribution < 1.29 is 9.59 Å². The van der Waals surface area contributed by atoms with Gasteiger partial charge in [-0.1, -0.05) is 35.3 Å². The fourth-order valence-corrected chi connectivity index (χ4v) is 2.00. The lowest BCUT2D eigenvalue weighted by molar-refractivity contribution is -0.141. The van der Waals surface area contributed by atoms with Crippen LogP contribution in [0.5, 0.6) is 0 Å². The average molecular weight is 273 g/mol. The minimum absolute atomic E-state index is 0.0387. The molecule has 1 aromatic rings. The topological polar surface area (TPSA) is 49.4 Å². The summed E-state index contributed by atoms with van der Waals surface area (Å²) in [5.74, 6) is -0.289. The van der Waals surface area contributed by atoms with E-state index in [-0.39, 0.29) is 24.9 Å². The number of halogens is 2. The van der Waals surface area contributed by atoms with E-state index in [4.69, 9.17) is 23.2 Å². The predicted molar refractivity (Wildman–Crippen MR) is 64.9 cm³/mol. The monoisotopic (exact) mass is 272 g/mol. The van der Waals surface area contributed by atoms with E-state index in [1.54, 1.807) is 18.2 Å². The first-order valence-corrected chi connectivity index (χ1v) is 5.81. The summed E-state index contributed by atoms with van der Waals surface area (Å²) in [5.41, 5.74) is 0.738. The second kappa shape index (κ2) is 4.94. The summed E-state index contributed by atoms with van der Waals surface area (Å²) in [4.78, 5) is 24.2. The molecule has 1 saturated heterocycles. The Morgan fingerprint density at radius 3 is 2.82 bits per heavy atom. The summed E-state index contributed by atoms with van der Waals surface area (Å²) in [7, 11) is 0. The Balaban J connectivity index is 2.17. The van der Waals surface area contributed by atoms with Crippen LogP contribution in [-0.2, 0) is 16.1 Å². The van der Waals surface area contributed by atoms with Gasteiger partial charge in [-0.15, -0.1) is 0 Å². The Labute approximate surface area is 108 Å². The van der Waals surface area contributed by atoms with Crippen LogP contribution in [0.1, 0.15) is 5.56 Å². The van der Waals surface area contributed by atoms with Gasteiger partial charge in [-0.05, 0) is 11.6 Å². The lowest BCUT2D eigenvalue weighted by Gasteiger charge is -2.27. The summed E-state index contributed by atoms with van der Waals surface area (Å²) in [5, 5.41) is 3.35. The Morgan fingerprint density at radius 2 is 2.06 bits per heavy atom. The number of nitrogens with one attached hydrogen (secondary N) is 1. The predicted octanol–water partition coefficient (Wildman–Crippen LogP) is 1.45. The fraction of sp³-hybridized carbons (Fsp3) is 0.273. The lowest BCUT2D eigenvalue weighted by Crippen LogP contribution is -2.51. The van der Waals surface area contributed by atoms with Crippen molar-refractivity contribution in [2.45, 2.75) is 6.54 Å². The van der Waals surface area contributed by atoms with E-state index in [0.717, 1.165) is 5.56 Å². The molecule has 2 amide bonds. The van der Waals surface area contributed by atoms with Crippen molar-refractivity contribution in [2.75, 3.05) is 13.1 Å². The number of amides is 2. The second-order valence-electron chi connectivity index (χ2n) is 3.74. The Bertz CT molecular complexity index is 477. The summed E-state index contributed by atoms with van der Waals surface area (Å²) < 4.78 is 0. The van der Waals surface area contributed by atoms with Crippen LogP contribution in [0.2, 0.25) is 10.0 Å². The van der Waals surface area contributed by atoms with Gasteiger partial charge in [0.2, 0.25) is 11.8 Å². The van der Waals surface area contributed by atoms with Crippen LogP contribution in [0.25, 0.3) is 0 Å². The maximum Gasteiger partial charge on any atom is 0.242 e. The van der Waals surface area contributed by atoms with Gasteiger partial charge >= 0.3 is 0 Å². The SMILES string of the molecule is O=C1CN(Cc2cccc(Cl)c2Cl)C(=O)CN1. The minimum atomic E-state index is -0.164. The third-order valence-corrected chi connectivity index (χ3v) is 3.37. The largest absolute Gasteiger partial charge is 0.345 e. The smallest absolute Gasteiger partial charge is 0.242 e. The molecule has 17 heavy (non-hydrogen) atoms. The van der Waals surface area contributed by atoms with Gasteiger partial charge in [0.05, 0.1) is 23.1 Å². The molecule has 0 atom stereocenters. The van der Waals surface area contributed by atoms with Crippen LogP contribution < -0.4 is 5.32 Å². The summed E-state index contributed by atoms with van der Waals surface area (Å²) in [6.07, 6.45) is 0.